The Labute approximate surface area is 92.8 Å². The summed E-state index contributed by atoms with van der Waals surface area (Å²) in [5.41, 5.74) is 5.54. The summed E-state index contributed by atoms with van der Waals surface area (Å²) in [6, 6.07) is -0.0231. The Bertz CT molecular complexity index is 218. The lowest BCUT2D eigenvalue weighted by molar-refractivity contribution is -0.127. The normalized spacial score (nSPS) is 21.1. The van der Waals surface area contributed by atoms with Crippen LogP contribution in [-0.2, 0) is 4.79 Å². The van der Waals surface area contributed by atoms with Crippen molar-refractivity contribution < 1.29 is 4.79 Å². The molecule has 0 aromatic carbocycles. The second-order valence-electron chi connectivity index (χ2n) is 5.33. The third-order valence-electron chi connectivity index (χ3n) is 3.56. The number of carbonyl (C=O) groups excluding carboxylic acids is 1. The minimum absolute atomic E-state index is 0.0231. The molecule has 15 heavy (non-hydrogen) atoms. The van der Waals surface area contributed by atoms with E-state index in [-0.39, 0.29) is 23.4 Å². The summed E-state index contributed by atoms with van der Waals surface area (Å²) in [5.74, 6) is 0.411. The molecule has 1 aliphatic rings. The van der Waals surface area contributed by atoms with E-state index in [1.807, 2.05) is 20.8 Å². The van der Waals surface area contributed by atoms with Crippen LogP contribution in [0.2, 0.25) is 0 Å². The van der Waals surface area contributed by atoms with Crippen molar-refractivity contribution in [3.05, 3.63) is 0 Å². The molecule has 1 aliphatic carbocycles. The van der Waals surface area contributed by atoms with E-state index in [4.69, 9.17) is 5.73 Å². The van der Waals surface area contributed by atoms with Gasteiger partial charge in [-0.15, -0.1) is 0 Å². The highest BCUT2D eigenvalue weighted by Gasteiger charge is 2.29. The fourth-order valence-electron chi connectivity index (χ4n) is 1.90. The van der Waals surface area contributed by atoms with Gasteiger partial charge in [-0.05, 0) is 33.6 Å². The van der Waals surface area contributed by atoms with Crippen LogP contribution in [0.1, 0.15) is 52.9 Å². The average molecular weight is 212 g/mol. The van der Waals surface area contributed by atoms with Gasteiger partial charge >= 0.3 is 0 Å². The Kier molecular flexibility index (Phi) is 4.14. The van der Waals surface area contributed by atoms with Gasteiger partial charge in [-0.2, -0.15) is 0 Å². The van der Waals surface area contributed by atoms with E-state index in [9.17, 15) is 4.79 Å². The fraction of sp³-hybridized carbons (Fsp3) is 0.917. The molecule has 1 rings (SSSR count). The van der Waals surface area contributed by atoms with E-state index in [1.165, 1.54) is 19.3 Å². The fourth-order valence-corrected chi connectivity index (χ4v) is 1.90. The molecule has 0 saturated heterocycles. The average Bonchev–Trinajstić information content (AvgIpc) is 2.18. The van der Waals surface area contributed by atoms with E-state index in [1.54, 1.807) is 0 Å². The van der Waals surface area contributed by atoms with Crippen LogP contribution in [0.25, 0.3) is 0 Å². The number of hydrogen-bond donors (Lipinski definition) is 2. The number of carbonyl (C=O) groups is 1. The van der Waals surface area contributed by atoms with Crippen LogP contribution in [0, 0.1) is 5.92 Å². The third kappa shape index (κ3) is 3.49. The van der Waals surface area contributed by atoms with Gasteiger partial charge in [-0.1, -0.05) is 19.3 Å². The molecule has 3 N–H and O–H groups in total. The zero-order valence-corrected chi connectivity index (χ0v) is 10.2. The molecule has 0 heterocycles. The van der Waals surface area contributed by atoms with Crippen LogP contribution in [0.3, 0.4) is 0 Å². The maximum Gasteiger partial charge on any atom is 0.223 e. The molecule has 1 atom stereocenters. The zero-order chi connectivity index (χ0) is 11.5. The molecule has 3 nitrogen and oxygen atoms in total. The molecule has 0 radical (unpaired) electrons. The van der Waals surface area contributed by atoms with E-state index < -0.39 is 0 Å². The van der Waals surface area contributed by atoms with Crippen molar-refractivity contribution >= 4 is 5.91 Å². The number of nitrogens with two attached hydrogens (primary N) is 1. The maximum absolute atomic E-state index is 12.0. The molecule has 0 bridgehead atoms. The van der Waals surface area contributed by atoms with Gasteiger partial charge in [0.15, 0.2) is 0 Å². The first kappa shape index (κ1) is 12.5. The summed E-state index contributed by atoms with van der Waals surface area (Å²) in [7, 11) is 0. The summed E-state index contributed by atoms with van der Waals surface area (Å²) in [5, 5.41) is 3.06. The lowest BCUT2D eigenvalue weighted by Gasteiger charge is -2.33. The van der Waals surface area contributed by atoms with Gasteiger partial charge in [0.2, 0.25) is 5.91 Å². The second-order valence-corrected chi connectivity index (χ2v) is 5.33. The van der Waals surface area contributed by atoms with Crippen molar-refractivity contribution in [2.75, 3.05) is 0 Å². The highest BCUT2D eigenvalue weighted by atomic mass is 16.2. The van der Waals surface area contributed by atoms with E-state index in [2.05, 4.69) is 5.32 Å². The molecular formula is C12H24N2O. The van der Waals surface area contributed by atoms with Crippen LogP contribution in [0.15, 0.2) is 0 Å². The van der Waals surface area contributed by atoms with Gasteiger partial charge in [-0.3, -0.25) is 4.79 Å². The lowest BCUT2D eigenvalue weighted by Crippen LogP contribution is -2.56. The first-order chi connectivity index (χ1) is 6.93. The Balaban J connectivity index is 2.47. The van der Waals surface area contributed by atoms with Crippen LogP contribution < -0.4 is 11.1 Å². The smallest absolute Gasteiger partial charge is 0.223 e. The summed E-state index contributed by atoms with van der Waals surface area (Å²) in [4.78, 5) is 12.0. The summed E-state index contributed by atoms with van der Waals surface area (Å²) >= 11 is 0. The van der Waals surface area contributed by atoms with Crippen LogP contribution in [0.5, 0.6) is 0 Å². The lowest BCUT2D eigenvalue weighted by atomic mass is 9.87. The van der Waals surface area contributed by atoms with Gasteiger partial charge < -0.3 is 11.1 Å². The predicted octanol–water partition coefficient (Wildman–Crippen LogP) is 1.81. The van der Waals surface area contributed by atoms with Crippen LogP contribution in [-0.4, -0.2) is 17.5 Å². The molecule has 1 amide bonds. The van der Waals surface area contributed by atoms with E-state index >= 15 is 0 Å². The molecule has 1 unspecified atom stereocenters. The Morgan fingerprint density at radius 1 is 1.33 bits per heavy atom. The molecular weight excluding hydrogens is 188 g/mol. The quantitative estimate of drug-likeness (QED) is 0.749. The van der Waals surface area contributed by atoms with Crippen LogP contribution >= 0.6 is 0 Å². The van der Waals surface area contributed by atoms with Gasteiger partial charge in [0, 0.05) is 17.5 Å². The number of amides is 1. The molecule has 0 aromatic heterocycles. The predicted molar refractivity (Wildman–Crippen MR) is 62.4 cm³/mol. The molecule has 0 aliphatic heterocycles. The minimum atomic E-state index is -0.297. The first-order valence-corrected chi connectivity index (χ1v) is 6.01. The molecule has 0 aromatic rings. The van der Waals surface area contributed by atoms with E-state index in [0.717, 1.165) is 12.8 Å². The van der Waals surface area contributed by atoms with Gasteiger partial charge in [0.1, 0.15) is 0 Å². The van der Waals surface area contributed by atoms with Gasteiger partial charge in [-0.25, -0.2) is 0 Å². The molecule has 0 spiro atoms. The number of nitrogens with one attached hydrogen (secondary N) is 1. The summed E-state index contributed by atoms with van der Waals surface area (Å²) in [6.07, 6.45) is 5.75. The van der Waals surface area contributed by atoms with Crippen molar-refractivity contribution in [1.29, 1.82) is 0 Å². The monoisotopic (exact) mass is 212 g/mol. The van der Waals surface area contributed by atoms with Crippen molar-refractivity contribution in [1.82, 2.24) is 5.32 Å². The molecule has 88 valence electrons. The SMILES string of the molecule is CC(N)C(C)(C)NC(=O)C1CCCCC1. The largest absolute Gasteiger partial charge is 0.349 e. The number of hydrogen-bond acceptors (Lipinski definition) is 2. The summed E-state index contributed by atoms with van der Waals surface area (Å²) in [6.45, 7) is 5.90. The third-order valence-corrected chi connectivity index (χ3v) is 3.56. The topological polar surface area (TPSA) is 55.1 Å². The number of rotatable bonds is 3. The summed E-state index contributed by atoms with van der Waals surface area (Å²) < 4.78 is 0. The highest BCUT2D eigenvalue weighted by molar-refractivity contribution is 5.79. The van der Waals surface area contributed by atoms with E-state index in [0.29, 0.717) is 0 Å². The standard InChI is InChI=1S/C12H24N2O/c1-9(13)12(2,3)14-11(15)10-7-5-4-6-8-10/h9-10H,4-8,13H2,1-3H3,(H,14,15). The van der Waals surface area contributed by atoms with Crippen molar-refractivity contribution in [3.63, 3.8) is 0 Å². The molecule has 3 heteroatoms. The first-order valence-electron chi connectivity index (χ1n) is 6.01. The van der Waals surface area contributed by atoms with Crippen molar-refractivity contribution in [3.8, 4) is 0 Å². The van der Waals surface area contributed by atoms with Crippen molar-refractivity contribution in [2.45, 2.75) is 64.5 Å². The Morgan fingerprint density at radius 3 is 2.33 bits per heavy atom. The maximum atomic E-state index is 12.0. The minimum Gasteiger partial charge on any atom is -0.349 e. The van der Waals surface area contributed by atoms with Gasteiger partial charge in [0.25, 0.3) is 0 Å². The molecule has 1 saturated carbocycles. The van der Waals surface area contributed by atoms with Crippen LogP contribution in [0.4, 0.5) is 0 Å². The van der Waals surface area contributed by atoms with Crippen molar-refractivity contribution in [2.24, 2.45) is 11.7 Å². The molecule has 1 fully saturated rings. The Hall–Kier alpha value is -0.570. The second kappa shape index (κ2) is 4.97. The highest BCUT2D eigenvalue weighted by Crippen LogP contribution is 2.24. The zero-order valence-electron chi connectivity index (χ0n) is 10.2. The van der Waals surface area contributed by atoms with Gasteiger partial charge in [0.05, 0.1) is 0 Å². The Morgan fingerprint density at radius 2 is 1.87 bits per heavy atom.